The molecule has 154 valence electrons. The maximum Gasteiger partial charge on any atom is 0.271 e. The summed E-state index contributed by atoms with van der Waals surface area (Å²) in [5, 5.41) is 10.7. The number of para-hydroxylation sites is 1. The number of rotatable bonds is 6. The Hall–Kier alpha value is -2.05. The average molecular weight is 407 g/mol. The number of nitrogens with one attached hydrogen (secondary N) is 2. The SMILES string of the molecule is CC(C)(C)c1ccccc1OCCNC(=O)c1ccn(C2CCCNC2)n1.Cl. The third-order valence-electron chi connectivity index (χ3n) is 4.83. The molecule has 7 heteroatoms. The molecular formula is C21H31ClN4O2. The van der Waals surface area contributed by atoms with Gasteiger partial charge in [0, 0.05) is 12.7 Å². The molecular weight excluding hydrogens is 376 g/mol. The summed E-state index contributed by atoms with van der Waals surface area (Å²) >= 11 is 0. The minimum atomic E-state index is -0.162. The molecule has 0 radical (unpaired) electrons. The normalized spacial score (nSPS) is 16.9. The Kier molecular flexibility index (Phi) is 7.89. The highest BCUT2D eigenvalue weighted by atomic mass is 35.5. The fourth-order valence-corrected chi connectivity index (χ4v) is 3.35. The summed E-state index contributed by atoms with van der Waals surface area (Å²) in [6, 6.07) is 10.2. The molecule has 6 nitrogen and oxygen atoms in total. The number of benzene rings is 1. The van der Waals surface area contributed by atoms with Crippen LogP contribution in [0.4, 0.5) is 0 Å². The van der Waals surface area contributed by atoms with E-state index in [9.17, 15) is 4.79 Å². The predicted octanol–water partition coefficient (Wildman–Crippen LogP) is 3.34. The van der Waals surface area contributed by atoms with Crippen LogP contribution in [0.15, 0.2) is 36.5 Å². The van der Waals surface area contributed by atoms with Crippen molar-refractivity contribution in [2.75, 3.05) is 26.2 Å². The molecule has 1 aliphatic rings. The third-order valence-corrected chi connectivity index (χ3v) is 4.83. The molecule has 1 fully saturated rings. The van der Waals surface area contributed by atoms with Gasteiger partial charge in [-0.15, -0.1) is 12.4 Å². The van der Waals surface area contributed by atoms with Gasteiger partial charge in [-0.2, -0.15) is 5.10 Å². The fourth-order valence-electron chi connectivity index (χ4n) is 3.35. The van der Waals surface area contributed by atoms with E-state index in [-0.39, 0.29) is 23.7 Å². The minimum Gasteiger partial charge on any atom is -0.491 e. The van der Waals surface area contributed by atoms with E-state index in [2.05, 4.69) is 42.6 Å². The van der Waals surface area contributed by atoms with E-state index in [1.165, 1.54) is 0 Å². The standard InChI is InChI=1S/C21H30N4O2.ClH/c1-21(2,3)17-8-4-5-9-19(17)27-14-12-23-20(26)18-10-13-25(24-18)16-7-6-11-22-15-16;/h4-5,8-10,13,16,22H,6-7,11-12,14-15H2,1-3H3,(H,23,26);1H. The van der Waals surface area contributed by atoms with Gasteiger partial charge in [-0.05, 0) is 42.5 Å². The van der Waals surface area contributed by atoms with E-state index in [0.717, 1.165) is 37.2 Å². The van der Waals surface area contributed by atoms with E-state index in [1.807, 2.05) is 29.1 Å². The second-order valence-electron chi connectivity index (χ2n) is 8.03. The molecule has 1 aromatic carbocycles. The number of nitrogens with zero attached hydrogens (tertiary/aromatic N) is 2. The lowest BCUT2D eigenvalue weighted by molar-refractivity contribution is 0.0940. The zero-order valence-corrected chi connectivity index (χ0v) is 17.7. The minimum absolute atomic E-state index is 0. The first-order valence-corrected chi connectivity index (χ1v) is 9.71. The molecule has 0 saturated carbocycles. The molecule has 28 heavy (non-hydrogen) atoms. The number of piperidine rings is 1. The number of hydrogen-bond acceptors (Lipinski definition) is 4. The van der Waals surface area contributed by atoms with Crippen LogP contribution in [-0.2, 0) is 5.41 Å². The van der Waals surface area contributed by atoms with E-state index in [1.54, 1.807) is 6.07 Å². The van der Waals surface area contributed by atoms with Gasteiger partial charge >= 0.3 is 0 Å². The highest BCUT2D eigenvalue weighted by molar-refractivity contribution is 5.92. The molecule has 3 rings (SSSR count). The molecule has 1 unspecified atom stereocenters. The van der Waals surface area contributed by atoms with E-state index >= 15 is 0 Å². The maximum absolute atomic E-state index is 12.3. The van der Waals surface area contributed by atoms with Gasteiger partial charge in [0.25, 0.3) is 5.91 Å². The zero-order valence-electron chi connectivity index (χ0n) is 16.9. The van der Waals surface area contributed by atoms with E-state index in [0.29, 0.717) is 24.9 Å². The predicted molar refractivity (Wildman–Crippen MR) is 114 cm³/mol. The maximum atomic E-state index is 12.3. The smallest absolute Gasteiger partial charge is 0.271 e. The van der Waals surface area contributed by atoms with Gasteiger partial charge in [0.1, 0.15) is 18.1 Å². The molecule has 1 saturated heterocycles. The van der Waals surface area contributed by atoms with Gasteiger partial charge in [-0.3, -0.25) is 9.48 Å². The third kappa shape index (κ3) is 5.72. The van der Waals surface area contributed by atoms with Crippen molar-refractivity contribution in [2.45, 2.75) is 45.1 Å². The summed E-state index contributed by atoms with van der Waals surface area (Å²) in [6.07, 6.45) is 4.12. The number of carbonyl (C=O) groups is 1. The molecule has 1 amide bonds. The van der Waals surface area contributed by atoms with E-state index in [4.69, 9.17) is 4.74 Å². The molecule has 1 aromatic heterocycles. The molecule has 2 heterocycles. The second-order valence-corrected chi connectivity index (χ2v) is 8.03. The van der Waals surface area contributed by atoms with Crippen LogP contribution >= 0.6 is 12.4 Å². The monoisotopic (exact) mass is 406 g/mol. The molecule has 0 bridgehead atoms. The molecule has 1 aliphatic heterocycles. The Morgan fingerprint density at radius 1 is 1.32 bits per heavy atom. The van der Waals surface area contributed by atoms with Gasteiger partial charge < -0.3 is 15.4 Å². The molecule has 2 N–H and O–H groups in total. The molecule has 2 aromatic rings. The molecule has 1 atom stereocenters. The van der Waals surface area contributed by atoms with Crippen LogP contribution in [-0.4, -0.2) is 41.9 Å². The Balaban J connectivity index is 0.00000280. The first kappa shape index (κ1) is 22.2. The van der Waals surface area contributed by atoms with Crippen molar-refractivity contribution in [3.05, 3.63) is 47.8 Å². The van der Waals surface area contributed by atoms with Crippen molar-refractivity contribution >= 4 is 18.3 Å². The zero-order chi connectivity index (χ0) is 19.3. The topological polar surface area (TPSA) is 68.2 Å². The molecule has 0 spiro atoms. The average Bonchev–Trinajstić information content (AvgIpc) is 3.16. The number of aromatic nitrogens is 2. The van der Waals surface area contributed by atoms with Crippen LogP contribution in [0.2, 0.25) is 0 Å². The molecule has 0 aliphatic carbocycles. The number of amides is 1. The Bertz CT molecular complexity index is 764. The van der Waals surface area contributed by atoms with Crippen molar-refractivity contribution in [3.8, 4) is 5.75 Å². The van der Waals surface area contributed by atoms with Crippen LogP contribution in [0.25, 0.3) is 0 Å². The van der Waals surface area contributed by atoms with Crippen LogP contribution in [0.1, 0.15) is 55.7 Å². The van der Waals surface area contributed by atoms with Crippen LogP contribution in [0.3, 0.4) is 0 Å². The van der Waals surface area contributed by atoms with Gasteiger partial charge in [0.05, 0.1) is 12.6 Å². The first-order chi connectivity index (χ1) is 12.9. The number of halogens is 1. The largest absolute Gasteiger partial charge is 0.491 e. The Morgan fingerprint density at radius 3 is 2.82 bits per heavy atom. The van der Waals surface area contributed by atoms with Gasteiger partial charge in [0.15, 0.2) is 0 Å². The van der Waals surface area contributed by atoms with Gasteiger partial charge in [0.2, 0.25) is 0 Å². The second kappa shape index (κ2) is 9.94. The number of ether oxygens (including phenoxy) is 1. The summed E-state index contributed by atoms with van der Waals surface area (Å²) in [4.78, 5) is 12.3. The van der Waals surface area contributed by atoms with Crippen molar-refractivity contribution in [2.24, 2.45) is 0 Å². The highest BCUT2D eigenvalue weighted by Crippen LogP contribution is 2.30. The lowest BCUT2D eigenvalue weighted by Gasteiger charge is -2.23. The van der Waals surface area contributed by atoms with Crippen LogP contribution in [0, 0.1) is 0 Å². The summed E-state index contributed by atoms with van der Waals surface area (Å²) in [7, 11) is 0. The lowest BCUT2D eigenvalue weighted by Crippen LogP contribution is -2.32. The van der Waals surface area contributed by atoms with Gasteiger partial charge in [-0.25, -0.2) is 0 Å². The van der Waals surface area contributed by atoms with E-state index < -0.39 is 0 Å². The quantitative estimate of drug-likeness (QED) is 0.722. The Morgan fingerprint density at radius 2 is 2.11 bits per heavy atom. The number of carbonyl (C=O) groups excluding carboxylic acids is 1. The first-order valence-electron chi connectivity index (χ1n) is 9.71. The summed E-state index contributed by atoms with van der Waals surface area (Å²) in [5.41, 5.74) is 1.63. The summed E-state index contributed by atoms with van der Waals surface area (Å²) in [6.45, 7) is 9.31. The summed E-state index contributed by atoms with van der Waals surface area (Å²) in [5.74, 6) is 0.707. The van der Waals surface area contributed by atoms with Crippen LogP contribution in [0.5, 0.6) is 5.75 Å². The van der Waals surface area contributed by atoms with Crippen LogP contribution < -0.4 is 15.4 Å². The van der Waals surface area contributed by atoms with Crippen molar-refractivity contribution < 1.29 is 9.53 Å². The highest BCUT2D eigenvalue weighted by Gasteiger charge is 2.19. The summed E-state index contributed by atoms with van der Waals surface area (Å²) < 4.78 is 7.80. The number of hydrogen-bond donors (Lipinski definition) is 2. The lowest BCUT2D eigenvalue weighted by atomic mass is 9.86. The van der Waals surface area contributed by atoms with Crippen molar-refractivity contribution in [1.29, 1.82) is 0 Å². The van der Waals surface area contributed by atoms with Crippen molar-refractivity contribution in [1.82, 2.24) is 20.4 Å². The van der Waals surface area contributed by atoms with Gasteiger partial charge in [-0.1, -0.05) is 39.0 Å². The fraction of sp³-hybridized carbons (Fsp3) is 0.524. The Labute approximate surface area is 173 Å². The van der Waals surface area contributed by atoms with Crippen molar-refractivity contribution in [3.63, 3.8) is 0 Å².